The Morgan fingerprint density at radius 2 is 1.95 bits per heavy atom. The van der Waals surface area contributed by atoms with Crippen molar-refractivity contribution in [1.29, 1.82) is 0 Å². The van der Waals surface area contributed by atoms with Gasteiger partial charge in [-0.05, 0) is 31.2 Å². The van der Waals surface area contributed by atoms with E-state index in [1.807, 2.05) is 7.05 Å². The zero-order valence-electron chi connectivity index (χ0n) is 12.4. The molecule has 0 aliphatic heterocycles. The van der Waals surface area contributed by atoms with Gasteiger partial charge >= 0.3 is 0 Å². The number of hydrogen-bond donors (Lipinski definition) is 1. The van der Waals surface area contributed by atoms with Crippen molar-refractivity contribution in [2.75, 3.05) is 20.8 Å². The van der Waals surface area contributed by atoms with E-state index in [9.17, 15) is 0 Å². The quantitative estimate of drug-likeness (QED) is 0.856. The Morgan fingerprint density at radius 1 is 1.26 bits per heavy atom. The van der Waals surface area contributed by atoms with Crippen LogP contribution in [0.3, 0.4) is 0 Å². The first-order chi connectivity index (χ1) is 9.07. The first kappa shape index (κ1) is 14.4. The van der Waals surface area contributed by atoms with Crippen LogP contribution in [-0.2, 0) is 11.2 Å². The highest BCUT2D eigenvalue weighted by atomic mass is 16.5. The normalized spacial score (nSPS) is 24.8. The van der Waals surface area contributed by atoms with Crippen LogP contribution in [0.15, 0.2) is 24.3 Å². The largest absolute Gasteiger partial charge is 0.490 e. The third-order valence-electron chi connectivity index (χ3n) is 4.32. The van der Waals surface area contributed by atoms with E-state index in [1.54, 1.807) is 7.11 Å². The molecule has 0 spiro atoms. The molecule has 3 heteroatoms. The maximum Gasteiger partial charge on any atom is 0.119 e. The molecule has 0 radical (unpaired) electrons. The van der Waals surface area contributed by atoms with Crippen molar-refractivity contribution >= 4 is 0 Å². The Labute approximate surface area is 116 Å². The zero-order valence-corrected chi connectivity index (χ0v) is 12.4. The van der Waals surface area contributed by atoms with Crippen molar-refractivity contribution in [3.05, 3.63) is 29.8 Å². The fourth-order valence-corrected chi connectivity index (χ4v) is 2.69. The average molecular weight is 263 g/mol. The van der Waals surface area contributed by atoms with E-state index in [0.29, 0.717) is 12.1 Å². The van der Waals surface area contributed by atoms with Gasteiger partial charge in [-0.1, -0.05) is 26.0 Å². The van der Waals surface area contributed by atoms with Crippen LogP contribution in [0.2, 0.25) is 0 Å². The average Bonchev–Trinajstić information content (AvgIpc) is 2.42. The molecule has 2 rings (SSSR count). The molecule has 0 bridgehead atoms. The number of benzene rings is 1. The number of rotatable bonds is 6. The van der Waals surface area contributed by atoms with E-state index < -0.39 is 0 Å². The fourth-order valence-electron chi connectivity index (χ4n) is 2.69. The van der Waals surface area contributed by atoms with Crippen LogP contribution in [0.1, 0.15) is 25.8 Å². The van der Waals surface area contributed by atoms with Gasteiger partial charge < -0.3 is 14.8 Å². The highest BCUT2D eigenvalue weighted by molar-refractivity contribution is 5.28. The summed E-state index contributed by atoms with van der Waals surface area (Å²) in [4.78, 5) is 0. The molecule has 106 valence electrons. The summed E-state index contributed by atoms with van der Waals surface area (Å²) in [6, 6.07) is 8.92. The molecule has 1 saturated carbocycles. The van der Waals surface area contributed by atoms with E-state index in [0.717, 1.165) is 25.2 Å². The second-order valence-electron chi connectivity index (χ2n) is 5.89. The monoisotopic (exact) mass is 263 g/mol. The van der Waals surface area contributed by atoms with E-state index in [4.69, 9.17) is 9.47 Å². The lowest BCUT2D eigenvalue weighted by Crippen LogP contribution is -2.61. The Balaban J connectivity index is 1.90. The van der Waals surface area contributed by atoms with E-state index in [1.165, 1.54) is 5.56 Å². The summed E-state index contributed by atoms with van der Waals surface area (Å²) in [7, 11) is 3.75. The predicted molar refractivity (Wildman–Crippen MR) is 77.7 cm³/mol. The fraction of sp³-hybridized carbons (Fsp3) is 0.625. The lowest BCUT2D eigenvalue weighted by Gasteiger charge is -2.51. The molecule has 2 unspecified atom stereocenters. The summed E-state index contributed by atoms with van der Waals surface area (Å²) in [5, 5.41) is 3.35. The highest BCUT2D eigenvalue weighted by Gasteiger charge is 2.49. The minimum Gasteiger partial charge on any atom is -0.490 e. The third kappa shape index (κ3) is 3.10. The Bertz CT molecular complexity index is 400. The molecule has 0 saturated heterocycles. The van der Waals surface area contributed by atoms with Crippen LogP contribution in [0.5, 0.6) is 5.75 Å². The highest BCUT2D eigenvalue weighted by Crippen LogP contribution is 2.42. The molecule has 2 atom stereocenters. The summed E-state index contributed by atoms with van der Waals surface area (Å²) in [6.45, 7) is 5.28. The lowest BCUT2D eigenvalue weighted by molar-refractivity contribution is -0.0520. The van der Waals surface area contributed by atoms with Crippen LogP contribution in [0.4, 0.5) is 0 Å². The molecule has 0 aromatic heterocycles. The number of hydrogen-bond acceptors (Lipinski definition) is 3. The Hall–Kier alpha value is -1.06. The van der Waals surface area contributed by atoms with Crippen molar-refractivity contribution in [1.82, 2.24) is 5.32 Å². The first-order valence-electron chi connectivity index (χ1n) is 6.99. The second-order valence-corrected chi connectivity index (χ2v) is 5.89. The molecule has 1 aromatic carbocycles. The maximum absolute atomic E-state index is 6.09. The van der Waals surface area contributed by atoms with Crippen LogP contribution in [0.25, 0.3) is 0 Å². The van der Waals surface area contributed by atoms with Crippen molar-refractivity contribution < 1.29 is 9.47 Å². The van der Waals surface area contributed by atoms with Crippen LogP contribution >= 0.6 is 0 Å². The lowest BCUT2D eigenvalue weighted by atomic mass is 9.64. The SMILES string of the molecule is CNC1CC(Oc2ccc(CCOC)cc2)C1(C)C. The summed E-state index contributed by atoms with van der Waals surface area (Å²) < 4.78 is 11.2. The molecule has 1 aliphatic carbocycles. The smallest absolute Gasteiger partial charge is 0.119 e. The van der Waals surface area contributed by atoms with Gasteiger partial charge in [-0.15, -0.1) is 0 Å². The van der Waals surface area contributed by atoms with Gasteiger partial charge in [0.2, 0.25) is 0 Å². The Kier molecular flexibility index (Phi) is 4.48. The van der Waals surface area contributed by atoms with Crippen molar-refractivity contribution in [3.8, 4) is 5.75 Å². The summed E-state index contributed by atoms with van der Waals surface area (Å²) in [5.74, 6) is 0.966. The molecule has 19 heavy (non-hydrogen) atoms. The van der Waals surface area contributed by atoms with E-state index in [2.05, 4.69) is 43.4 Å². The van der Waals surface area contributed by atoms with E-state index >= 15 is 0 Å². The van der Waals surface area contributed by atoms with Crippen molar-refractivity contribution in [2.24, 2.45) is 5.41 Å². The predicted octanol–water partition coefficient (Wildman–Crippen LogP) is 2.64. The molecule has 1 fully saturated rings. The standard InChI is InChI=1S/C16H25NO2/c1-16(2)14(17-3)11-15(16)19-13-7-5-12(6-8-13)9-10-18-4/h5-8,14-15,17H,9-11H2,1-4H3. The zero-order chi connectivity index (χ0) is 13.9. The van der Waals surface area contributed by atoms with Crippen LogP contribution in [-0.4, -0.2) is 32.9 Å². The van der Waals surface area contributed by atoms with Crippen LogP contribution < -0.4 is 10.1 Å². The summed E-state index contributed by atoms with van der Waals surface area (Å²) >= 11 is 0. The van der Waals surface area contributed by atoms with E-state index in [-0.39, 0.29) is 5.41 Å². The molecule has 0 heterocycles. The van der Waals surface area contributed by atoms with Gasteiger partial charge in [-0.3, -0.25) is 0 Å². The summed E-state index contributed by atoms with van der Waals surface area (Å²) in [5.41, 5.74) is 1.49. The number of methoxy groups -OCH3 is 1. The first-order valence-corrected chi connectivity index (χ1v) is 6.99. The minimum absolute atomic E-state index is 0.198. The van der Waals surface area contributed by atoms with Crippen molar-refractivity contribution in [2.45, 2.75) is 38.8 Å². The van der Waals surface area contributed by atoms with Gasteiger partial charge in [0.1, 0.15) is 11.9 Å². The van der Waals surface area contributed by atoms with Gasteiger partial charge in [0.15, 0.2) is 0 Å². The number of nitrogens with one attached hydrogen (secondary N) is 1. The molecule has 1 aliphatic rings. The van der Waals surface area contributed by atoms with Gasteiger partial charge in [-0.2, -0.15) is 0 Å². The molecule has 3 nitrogen and oxygen atoms in total. The van der Waals surface area contributed by atoms with Gasteiger partial charge in [0.25, 0.3) is 0 Å². The second kappa shape index (κ2) is 5.93. The maximum atomic E-state index is 6.09. The molecule has 1 N–H and O–H groups in total. The van der Waals surface area contributed by atoms with Crippen molar-refractivity contribution in [3.63, 3.8) is 0 Å². The third-order valence-corrected chi connectivity index (χ3v) is 4.32. The molecule has 1 aromatic rings. The molecular weight excluding hydrogens is 238 g/mol. The summed E-state index contributed by atoms with van der Waals surface area (Å²) in [6.07, 6.45) is 2.33. The van der Waals surface area contributed by atoms with Gasteiger partial charge in [-0.25, -0.2) is 0 Å². The molecule has 0 amide bonds. The van der Waals surface area contributed by atoms with Gasteiger partial charge in [0, 0.05) is 25.0 Å². The number of ether oxygens (including phenoxy) is 2. The van der Waals surface area contributed by atoms with Gasteiger partial charge in [0.05, 0.1) is 6.61 Å². The minimum atomic E-state index is 0.198. The Morgan fingerprint density at radius 3 is 2.47 bits per heavy atom. The van der Waals surface area contributed by atoms with Crippen LogP contribution in [0, 0.1) is 5.41 Å². The molecular formula is C16H25NO2. The topological polar surface area (TPSA) is 30.5 Å².